The van der Waals surface area contributed by atoms with Crippen LogP contribution in [0.5, 0.6) is 5.75 Å². The van der Waals surface area contributed by atoms with E-state index in [1.165, 1.54) is 0 Å². The van der Waals surface area contributed by atoms with Crippen LogP contribution in [0.15, 0.2) is 24.3 Å². The maximum Gasteiger partial charge on any atom is 0.121 e. The lowest BCUT2D eigenvalue weighted by Crippen LogP contribution is -2.45. The molecular formula is C17H30N2O2. The van der Waals surface area contributed by atoms with E-state index in [1.807, 2.05) is 26.2 Å². The summed E-state index contributed by atoms with van der Waals surface area (Å²) in [6, 6.07) is 8.12. The van der Waals surface area contributed by atoms with Crippen LogP contribution in [0.3, 0.4) is 0 Å². The first-order valence-electron chi connectivity index (χ1n) is 7.77. The zero-order valence-corrected chi connectivity index (χ0v) is 13.9. The molecule has 1 rings (SSSR count). The maximum absolute atomic E-state index is 9.44. The first-order chi connectivity index (χ1) is 10.0. The molecule has 0 saturated carbocycles. The Morgan fingerprint density at radius 3 is 2.67 bits per heavy atom. The van der Waals surface area contributed by atoms with E-state index in [4.69, 9.17) is 4.74 Å². The molecule has 0 aliphatic rings. The van der Waals surface area contributed by atoms with Crippen LogP contribution in [0.25, 0.3) is 0 Å². The average molecular weight is 294 g/mol. The third-order valence-corrected chi connectivity index (χ3v) is 3.68. The summed E-state index contributed by atoms with van der Waals surface area (Å²) in [7, 11) is 4.05. The highest BCUT2D eigenvalue weighted by atomic mass is 16.5. The van der Waals surface area contributed by atoms with Crippen molar-refractivity contribution < 1.29 is 9.84 Å². The second-order valence-electron chi connectivity index (χ2n) is 5.95. The van der Waals surface area contributed by atoms with Crippen LogP contribution in [-0.4, -0.2) is 44.5 Å². The molecule has 1 atom stereocenters. The Balaban J connectivity index is 2.29. The van der Waals surface area contributed by atoms with Gasteiger partial charge in [0, 0.05) is 31.4 Å². The summed E-state index contributed by atoms with van der Waals surface area (Å²) < 4.78 is 5.80. The Kier molecular flexibility index (Phi) is 7.54. The van der Waals surface area contributed by atoms with Gasteiger partial charge in [-0.05, 0) is 44.9 Å². The molecule has 1 unspecified atom stereocenters. The molecular weight excluding hydrogens is 264 g/mol. The first-order valence-corrected chi connectivity index (χ1v) is 7.77. The summed E-state index contributed by atoms with van der Waals surface area (Å²) in [5.74, 6) is 0.915. The summed E-state index contributed by atoms with van der Waals surface area (Å²) in [6.45, 7) is 5.90. The summed E-state index contributed by atoms with van der Waals surface area (Å²) in [4.78, 5) is 2.07. The highest BCUT2D eigenvalue weighted by molar-refractivity contribution is 5.49. The molecule has 0 saturated heterocycles. The fourth-order valence-corrected chi connectivity index (χ4v) is 2.31. The summed E-state index contributed by atoms with van der Waals surface area (Å²) >= 11 is 0. The number of benzene rings is 1. The minimum atomic E-state index is -0.167. The van der Waals surface area contributed by atoms with Crippen LogP contribution < -0.4 is 15.0 Å². The van der Waals surface area contributed by atoms with Gasteiger partial charge in [-0.25, -0.2) is 0 Å². The van der Waals surface area contributed by atoms with E-state index in [0.717, 1.165) is 37.2 Å². The summed E-state index contributed by atoms with van der Waals surface area (Å²) in [5, 5.41) is 12.8. The molecule has 0 amide bonds. The number of hydrogen-bond acceptors (Lipinski definition) is 4. The van der Waals surface area contributed by atoms with Gasteiger partial charge in [0.2, 0.25) is 0 Å². The van der Waals surface area contributed by atoms with Gasteiger partial charge in [0.15, 0.2) is 0 Å². The Morgan fingerprint density at radius 1 is 1.29 bits per heavy atom. The van der Waals surface area contributed by atoms with Gasteiger partial charge in [-0.3, -0.25) is 0 Å². The molecule has 120 valence electrons. The lowest BCUT2D eigenvalue weighted by Gasteiger charge is -2.28. The highest BCUT2D eigenvalue weighted by Crippen LogP contribution is 2.20. The van der Waals surface area contributed by atoms with Gasteiger partial charge in [-0.1, -0.05) is 13.0 Å². The lowest BCUT2D eigenvalue weighted by atomic mass is 9.96. The zero-order valence-electron chi connectivity index (χ0n) is 13.9. The average Bonchev–Trinajstić information content (AvgIpc) is 2.47. The van der Waals surface area contributed by atoms with E-state index in [0.29, 0.717) is 6.61 Å². The summed E-state index contributed by atoms with van der Waals surface area (Å²) in [5.41, 5.74) is 0.979. The van der Waals surface area contributed by atoms with Crippen LogP contribution in [0.2, 0.25) is 0 Å². The van der Waals surface area contributed by atoms with E-state index in [9.17, 15) is 5.11 Å². The molecule has 21 heavy (non-hydrogen) atoms. The normalized spacial score (nSPS) is 13.8. The number of nitrogens with zero attached hydrogens (tertiary/aromatic N) is 1. The predicted molar refractivity (Wildman–Crippen MR) is 89.3 cm³/mol. The third kappa shape index (κ3) is 6.36. The van der Waals surface area contributed by atoms with Crippen LogP contribution in [0, 0.1) is 0 Å². The number of unbranched alkanes of at least 4 members (excludes halogenated alkanes) is 1. The molecule has 0 heterocycles. The van der Waals surface area contributed by atoms with Gasteiger partial charge in [-0.2, -0.15) is 0 Å². The van der Waals surface area contributed by atoms with Crippen LogP contribution in [0.1, 0.15) is 33.1 Å². The molecule has 4 nitrogen and oxygen atoms in total. The standard InChI is InChI=1S/C17H30N2O2/c1-5-18-17(2,14-20)11-6-7-12-21-16-10-8-9-15(13-16)19(3)4/h8-10,13,18,20H,5-7,11-12,14H2,1-4H3. The maximum atomic E-state index is 9.44. The number of likely N-dealkylation sites (N-methyl/N-ethyl adjacent to an activating group) is 1. The van der Waals surface area contributed by atoms with Gasteiger partial charge in [-0.15, -0.1) is 0 Å². The van der Waals surface area contributed by atoms with Crippen molar-refractivity contribution >= 4 is 5.69 Å². The number of rotatable bonds is 10. The number of hydrogen-bond donors (Lipinski definition) is 2. The van der Waals surface area contributed by atoms with Crippen molar-refractivity contribution in [3.05, 3.63) is 24.3 Å². The van der Waals surface area contributed by atoms with E-state index >= 15 is 0 Å². The monoisotopic (exact) mass is 294 g/mol. The third-order valence-electron chi connectivity index (χ3n) is 3.68. The number of nitrogens with one attached hydrogen (secondary N) is 1. The smallest absolute Gasteiger partial charge is 0.121 e. The molecule has 0 bridgehead atoms. The molecule has 0 aliphatic carbocycles. The molecule has 0 aromatic heterocycles. The van der Waals surface area contributed by atoms with E-state index in [-0.39, 0.29) is 12.1 Å². The second kappa shape index (κ2) is 8.90. The van der Waals surface area contributed by atoms with Crippen molar-refractivity contribution in [2.45, 2.75) is 38.6 Å². The van der Waals surface area contributed by atoms with E-state index < -0.39 is 0 Å². The van der Waals surface area contributed by atoms with Crippen molar-refractivity contribution in [3.63, 3.8) is 0 Å². The minimum absolute atomic E-state index is 0.167. The van der Waals surface area contributed by atoms with Crippen molar-refractivity contribution in [2.75, 3.05) is 38.8 Å². The van der Waals surface area contributed by atoms with Crippen molar-refractivity contribution in [3.8, 4) is 5.75 Å². The van der Waals surface area contributed by atoms with Crippen molar-refractivity contribution in [1.29, 1.82) is 0 Å². The minimum Gasteiger partial charge on any atom is -0.494 e. The van der Waals surface area contributed by atoms with Gasteiger partial charge in [0.25, 0.3) is 0 Å². The Labute approximate surface area is 129 Å². The quantitative estimate of drug-likeness (QED) is 0.651. The lowest BCUT2D eigenvalue weighted by molar-refractivity contribution is 0.162. The van der Waals surface area contributed by atoms with Gasteiger partial charge in [0.1, 0.15) is 5.75 Å². The van der Waals surface area contributed by atoms with Crippen LogP contribution >= 0.6 is 0 Å². The number of aliphatic hydroxyl groups is 1. The van der Waals surface area contributed by atoms with E-state index in [1.54, 1.807) is 0 Å². The highest BCUT2D eigenvalue weighted by Gasteiger charge is 2.20. The number of anilines is 1. The van der Waals surface area contributed by atoms with Gasteiger partial charge in [0.05, 0.1) is 13.2 Å². The Morgan fingerprint density at radius 2 is 2.05 bits per heavy atom. The molecule has 1 aromatic rings. The number of aliphatic hydroxyl groups excluding tert-OH is 1. The molecule has 1 aromatic carbocycles. The Hall–Kier alpha value is -1.26. The van der Waals surface area contributed by atoms with Crippen LogP contribution in [0.4, 0.5) is 5.69 Å². The fourth-order valence-electron chi connectivity index (χ4n) is 2.31. The van der Waals surface area contributed by atoms with Gasteiger partial charge < -0.3 is 20.1 Å². The van der Waals surface area contributed by atoms with E-state index in [2.05, 4.69) is 36.2 Å². The SMILES string of the molecule is CCNC(C)(CO)CCCCOc1cccc(N(C)C)c1. The van der Waals surface area contributed by atoms with Crippen LogP contribution in [-0.2, 0) is 0 Å². The fraction of sp³-hybridized carbons (Fsp3) is 0.647. The van der Waals surface area contributed by atoms with Crippen molar-refractivity contribution in [1.82, 2.24) is 5.32 Å². The van der Waals surface area contributed by atoms with Gasteiger partial charge >= 0.3 is 0 Å². The second-order valence-corrected chi connectivity index (χ2v) is 5.95. The Bertz CT molecular complexity index is 410. The molecule has 0 fully saturated rings. The molecule has 2 N–H and O–H groups in total. The molecule has 0 radical (unpaired) electrons. The molecule has 0 spiro atoms. The first kappa shape index (κ1) is 17.8. The summed E-state index contributed by atoms with van der Waals surface area (Å²) in [6.07, 6.45) is 2.99. The predicted octanol–water partition coefficient (Wildman–Crippen LogP) is 2.66. The largest absolute Gasteiger partial charge is 0.494 e. The molecule has 4 heteroatoms. The topological polar surface area (TPSA) is 44.7 Å². The number of ether oxygens (including phenoxy) is 1. The molecule has 0 aliphatic heterocycles. The van der Waals surface area contributed by atoms with Crippen molar-refractivity contribution in [2.24, 2.45) is 0 Å². The zero-order chi connectivity index (χ0) is 15.7.